The third kappa shape index (κ3) is 3.30. The summed E-state index contributed by atoms with van der Waals surface area (Å²) >= 11 is 0. The molecule has 0 fully saturated rings. The van der Waals surface area contributed by atoms with Gasteiger partial charge in [-0.3, -0.25) is 4.68 Å². The van der Waals surface area contributed by atoms with Gasteiger partial charge in [0.05, 0.1) is 5.69 Å². The van der Waals surface area contributed by atoms with Gasteiger partial charge >= 0.3 is 0 Å². The van der Waals surface area contributed by atoms with E-state index in [0.29, 0.717) is 0 Å². The summed E-state index contributed by atoms with van der Waals surface area (Å²) in [5, 5.41) is 4.99. The Balaban J connectivity index is 1.69. The smallest absolute Gasteiger partial charge is 0.0971 e. The van der Waals surface area contributed by atoms with E-state index < -0.39 is 0 Å². The van der Waals surface area contributed by atoms with Gasteiger partial charge in [-0.2, -0.15) is 5.10 Å². The highest BCUT2D eigenvalue weighted by Crippen LogP contribution is 2.30. The highest BCUT2D eigenvalue weighted by Gasteiger charge is 2.24. The lowest BCUT2D eigenvalue weighted by molar-refractivity contribution is 0.307. The van der Waals surface area contributed by atoms with Gasteiger partial charge in [-0.05, 0) is 31.2 Å². The van der Waals surface area contributed by atoms with Gasteiger partial charge in [0.2, 0.25) is 0 Å². The van der Waals surface area contributed by atoms with E-state index in [1.165, 1.54) is 16.8 Å². The van der Waals surface area contributed by atoms with Crippen LogP contribution in [0.15, 0.2) is 54.6 Å². The quantitative estimate of drug-likeness (QED) is 0.745. The Labute approximate surface area is 148 Å². The van der Waals surface area contributed by atoms with Crippen molar-refractivity contribution in [3.8, 4) is 11.3 Å². The van der Waals surface area contributed by atoms with Crippen LogP contribution in [0.2, 0.25) is 0 Å². The summed E-state index contributed by atoms with van der Waals surface area (Å²) in [5.41, 5.74) is 13.1. The van der Waals surface area contributed by atoms with Crippen LogP contribution in [0.25, 0.3) is 11.3 Å². The Kier molecular flexibility index (Phi) is 4.28. The molecule has 0 saturated heterocycles. The predicted molar refractivity (Wildman–Crippen MR) is 102 cm³/mol. The lowest BCUT2D eigenvalue weighted by Gasteiger charge is -2.23. The van der Waals surface area contributed by atoms with Crippen molar-refractivity contribution in [2.75, 3.05) is 19.3 Å². The molecule has 0 atom stereocenters. The van der Waals surface area contributed by atoms with E-state index in [2.05, 4.69) is 53.0 Å². The predicted octanol–water partition coefficient (Wildman–Crippen LogP) is 3.36. The first kappa shape index (κ1) is 15.9. The molecule has 2 heterocycles. The fraction of sp³-hybridized carbons (Fsp3) is 0.286. The minimum Gasteiger partial charge on any atom is -0.399 e. The second-order valence-corrected chi connectivity index (χ2v) is 6.85. The number of nitrogens with two attached hydrogens (primary N) is 1. The molecule has 4 nitrogen and oxygen atoms in total. The topological polar surface area (TPSA) is 47.1 Å². The second-order valence-electron chi connectivity index (χ2n) is 6.85. The number of nitrogen functional groups attached to an aromatic ring is 1. The summed E-state index contributed by atoms with van der Waals surface area (Å²) < 4.78 is 2.22. The molecule has 0 aliphatic carbocycles. The molecule has 4 rings (SSSR count). The van der Waals surface area contributed by atoms with Gasteiger partial charge in [0.25, 0.3) is 0 Å². The van der Waals surface area contributed by atoms with Crippen LogP contribution in [0.1, 0.15) is 16.8 Å². The number of aryl methyl sites for hydroxylation is 2. The second kappa shape index (κ2) is 6.73. The summed E-state index contributed by atoms with van der Waals surface area (Å²) in [7, 11) is 2.17. The van der Waals surface area contributed by atoms with Crippen LogP contribution < -0.4 is 5.73 Å². The number of rotatable bonds is 4. The maximum absolute atomic E-state index is 6.00. The van der Waals surface area contributed by atoms with E-state index in [4.69, 9.17) is 10.8 Å². The van der Waals surface area contributed by atoms with Gasteiger partial charge in [0, 0.05) is 48.6 Å². The fourth-order valence-corrected chi connectivity index (χ4v) is 3.61. The number of benzene rings is 2. The Morgan fingerprint density at radius 2 is 1.92 bits per heavy atom. The Morgan fingerprint density at radius 3 is 2.72 bits per heavy atom. The van der Waals surface area contributed by atoms with Crippen LogP contribution in [-0.2, 0) is 25.9 Å². The molecule has 3 aromatic rings. The molecule has 25 heavy (non-hydrogen) atoms. The third-order valence-electron chi connectivity index (χ3n) is 4.94. The highest BCUT2D eigenvalue weighted by atomic mass is 15.3. The molecule has 128 valence electrons. The van der Waals surface area contributed by atoms with Crippen molar-refractivity contribution < 1.29 is 0 Å². The number of fused-ring (bicyclic) bond motifs is 1. The Bertz CT molecular complexity index is 867. The third-order valence-corrected chi connectivity index (χ3v) is 4.94. The average Bonchev–Trinajstić information content (AvgIpc) is 2.98. The molecule has 1 aromatic heterocycles. The van der Waals surface area contributed by atoms with E-state index in [9.17, 15) is 0 Å². The van der Waals surface area contributed by atoms with Crippen LogP contribution in [0, 0.1) is 0 Å². The Morgan fingerprint density at radius 1 is 1.08 bits per heavy atom. The summed E-state index contributed by atoms with van der Waals surface area (Å²) in [6.45, 7) is 2.95. The largest absolute Gasteiger partial charge is 0.399 e. The summed E-state index contributed by atoms with van der Waals surface area (Å²) in [6.07, 6.45) is 2.05. The van der Waals surface area contributed by atoms with Gasteiger partial charge in [-0.15, -0.1) is 0 Å². The van der Waals surface area contributed by atoms with Gasteiger partial charge < -0.3 is 10.6 Å². The number of anilines is 1. The minimum absolute atomic E-state index is 0.786. The van der Waals surface area contributed by atoms with E-state index in [1.54, 1.807) is 0 Å². The van der Waals surface area contributed by atoms with Crippen molar-refractivity contribution in [1.82, 2.24) is 14.7 Å². The van der Waals surface area contributed by atoms with Crippen LogP contribution in [0.5, 0.6) is 0 Å². The zero-order valence-corrected chi connectivity index (χ0v) is 14.7. The van der Waals surface area contributed by atoms with Gasteiger partial charge in [0.15, 0.2) is 0 Å². The van der Waals surface area contributed by atoms with Crippen LogP contribution in [0.4, 0.5) is 5.69 Å². The normalized spacial score (nSPS) is 14.4. The molecular formula is C21H24N4. The van der Waals surface area contributed by atoms with Crippen molar-refractivity contribution in [1.29, 1.82) is 0 Å². The minimum atomic E-state index is 0.786. The summed E-state index contributed by atoms with van der Waals surface area (Å²) in [6, 6.07) is 18.7. The molecular weight excluding hydrogens is 308 g/mol. The number of hydrogen-bond donors (Lipinski definition) is 1. The zero-order chi connectivity index (χ0) is 17.2. The summed E-state index contributed by atoms with van der Waals surface area (Å²) in [5.74, 6) is 0. The molecule has 0 unspecified atom stereocenters. The van der Waals surface area contributed by atoms with E-state index in [-0.39, 0.29) is 0 Å². The van der Waals surface area contributed by atoms with Crippen LogP contribution in [0.3, 0.4) is 0 Å². The number of nitrogens with zero attached hydrogens (tertiary/aromatic N) is 3. The molecule has 0 radical (unpaired) electrons. The monoisotopic (exact) mass is 332 g/mol. The van der Waals surface area contributed by atoms with E-state index >= 15 is 0 Å². The van der Waals surface area contributed by atoms with Gasteiger partial charge in [0.1, 0.15) is 0 Å². The molecule has 2 aromatic carbocycles. The average molecular weight is 332 g/mol. The van der Waals surface area contributed by atoms with Crippen molar-refractivity contribution >= 4 is 5.69 Å². The van der Waals surface area contributed by atoms with E-state index in [0.717, 1.165) is 49.4 Å². The molecule has 1 aliphatic rings. The van der Waals surface area contributed by atoms with Crippen LogP contribution >= 0.6 is 0 Å². The first-order chi connectivity index (χ1) is 12.2. The molecule has 0 saturated carbocycles. The zero-order valence-electron chi connectivity index (χ0n) is 14.7. The number of likely N-dealkylation sites (N-methyl/N-ethyl adjacent to an activating group) is 1. The lowest BCUT2D eigenvalue weighted by atomic mass is 10.0. The van der Waals surface area contributed by atoms with Gasteiger partial charge in [-0.1, -0.05) is 42.5 Å². The highest BCUT2D eigenvalue weighted by molar-refractivity contribution is 5.68. The molecule has 2 N–H and O–H groups in total. The van der Waals surface area contributed by atoms with Gasteiger partial charge in [-0.25, -0.2) is 0 Å². The fourth-order valence-electron chi connectivity index (χ4n) is 3.61. The first-order valence-corrected chi connectivity index (χ1v) is 8.87. The van der Waals surface area contributed by atoms with Crippen molar-refractivity contribution in [2.45, 2.75) is 25.9 Å². The molecule has 1 aliphatic heterocycles. The molecule has 0 amide bonds. The van der Waals surface area contributed by atoms with Crippen molar-refractivity contribution in [2.24, 2.45) is 0 Å². The van der Waals surface area contributed by atoms with E-state index in [1.807, 2.05) is 18.2 Å². The first-order valence-electron chi connectivity index (χ1n) is 8.87. The molecule has 0 bridgehead atoms. The molecule has 4 heteroatoms. The summed E-state index contributed by atoms with van der Waals surface area (Å²) in [4.78, 5) is 2.36. The maximum Gasteiger partial charge on any atom is 0.0971 e. The van der Waals surface area contributed by atoms with Crippen LogP contribution in [-0.4, -0.2) is 28.3 Å². The Hall–Kier alpha value is -2.59. The standard InChI is InChI=1S/C21H24N4/c1-24-12-11-20-19(15-24)21(17-8-5-9-18(22)14-17)23-25(20)13-10-16-6-3-2-4-7-16/h2-9,14H,10-13,15,22H2,1H3. The maximum atomic E-state index is 6.00. The van der Waals surface area contributed by atoms with Crippen molar-refractivity contribution in [3.63, 3.8) is 0 Å². The SMILES string of the molecule is CN1CCc2c(c(-c3cccc(N)c3)nn2CCc2ccccc2)C1. The number of hydrogen-bond acceptors (Lipinski definition) is 3. The number of aromatic nitrogens is 2. The lowest BCUT2D eigenvalue weighted by Crippen LogP contribution is -2.27. The molecule has 0 spiro atoms. The van der Waals surface area contributed by atoms with Crippen molar-refractivity contribution in [3.05, 3.63) is 71.4 Å².